The van der Waals surface area contributed by atoms with Crippen molar-refractivity contribution >= 4 is 28.5 Å². The molecule has 0 bridgehead atoms. The molecule has 2 aromatic carbocycles. The third-order valence-corrected chi connectivity index (χ3v) is 6.99. The Hall–Kier alpha value is -2.85. The van der Waals surface area contributed by atoms with Gasteiger partial charge in [-0.1, -0.05) is 48.0 Å². The van der Waals surface area contributed by atoms with Gasteiger partial charge in [0.2, 0.25) is 0 Å². The number of para-hydroxylation sites is 2. The number of carbonyl (C=O) groups excluding carboxylic acids is 1. The highest BCUT2D eigenvalue weighted by atomic mass is 32.1. The number of nitrogens with one attached hydrogen (secondary N) is 2. The van der Waals surface area contributed by atoms with Crippen molar-refractivity contribution in [2.75, 3.05) is 10.6 Å². The first-order valence-electron chi connectivity index (χ1n) is 10.1. The number of rotatable bonds is 2. The van der Waals surface area contributed by atoms with Crippen molar-refractivity contribution in [3.05, 3.63) is 93.3 Å². The molecule has 3 nitrogen and oxygen atoms in total. The van der Waals surface area contributed by atoms with E-state index in [0.29, 0.717) is 6.42 Å². The Morgan fingerprint density at radius 3 is 2.41 bits per heavy atom. The van der Waals surface area contributed by atoms with Crippen LogP contribution in [0.5, 0.6) is 0 Å². The van der Waals surface area contributed by atoms with Crippen LogP contribution >= 0.6 is 11.3 Å². The summed E-state index contributed by atoms with van der Waals surface area (Å²) in [6.07, 6.45) is 2.81. The Balaban J connectivity index is 1.61. The number of aryl methyl sites for hydroxylation is 2. The molecule has 0 saturated heterocycles. The maximum Gasteiger partial charge on any atom is 0.145 e. The molecule has 4 heteroatoms. The van der Waals surface area contributed by atoms with Gasteiger partial charge in [-0.05, 0) is 43.7 Å². The zero-order valence-electron chi connectivity index (χ0n) is 16.6. The van der Waals surface area contributed by atoms with Crippen LogP contribution in [0.1, 0.15) is 39.3 Å². The summed E-state index contributed by atoms with van der Waals surface area (Å²) in [7, 11) is 0. The summed E-state index contributed by atoms with van der Waals surface area (Å²) < 4.78 is 0. The summed E-state index contributed by atoms with van der Waals surface area (Å²) in [4.78, 5) is 15.9. The molecule has 2 N–H and O–H groups in total. The molecule has 0 radical (unpaired) electrons. The van der Waals surface area contributed by atoms with E-state index in [1.165, 1.54) is 20.9 Å². The molecular formula is C25H24N2OS. The summed E-state index contributed by atoms with van der Waals surface area (Å²) in [5, 5.41) is 7.26. The predicted molar refractivity (Wildman–Crippen MR) is 121 cm³/mol. The molecule has 2 heterocycles. The van der Waals surface area contributed by atoms with Gasteiger partial charge in [-0.3, -0.25) is 4.79 Å². The standard InChI is InChI=1S/C25H24N2OS/c1-15-7-10-17(11-8-15)18-13-21-24(22(28)14-18)25(23-12-9-16(2)29-23)27-20-6-4-3-5-19(20)26-21/h3-13,18,24-27H,14H2,1-2H3. The number of hydrogen-bond acceptors (Lipinski definition) is 4. The highest BCUT2D eigenvalue weighted by Gasteiger charge is 2.40. The van der Waals surface area contributed by atoms with Crippen LogP contribution in [0.15, 0.2) is 72.4 Å². The Morgan fingerprint density at radius 2 is 1.69 bits per heavy atom. The van der Waals surface area contributed by atoms with Crippen LogP contribution in [0.25, 0.3) is 0 Å². The van der Waals surface area contributed by atoms with E-state index in [1.54, 1.807) is 11.3 Å². The fourth-order valence-corrected chi connectivity index (χ4v) is 5.36. The summed E-state index contributed by atoms with van der Waals surface area (Å²) in [6, 6.07) is 21.0. The normalized spacial score (nSPS) is 23.2. The van der Waals surface area contributed by atoms with Crippen molar-refractivity contribution in [3.63, 3.8) is 0 Å². The molecule has 146 valence electrons. The van der Waals surface area contributed by atoms with Gasteiger partial charge in [0.05, 0.1) is 23.3 Å². The SMILES string of the molecule is Cc1ccc(C2C=C3Nc4ccccc4NC(c4ccc(C)s4)C3C(=O)C2)cc1. The fourth-order valence-electron chi connectivity index (χ4n) is 4.39. The monoisotopic (exact) mass is 400 g/mol. The number of Topliss-reactive ketones (excluding diaryl/α,β-unsaturated/α-hetero) is 1. The van der Waals surface area contributed by atoms with E-state index in [0.717, 1.165) is 17.1 Å². The Morgan fingerprint density at radius 1 is 0.931 bits per heavy atom. The zero-order valence-corrected chi connectivity index (χ0v) is 17.4. The van der Waals surface area contributed by atoms with E-state index >= 15 is 0 Å². The van der Waals surface area contributed by atoms with E-state index < -0.39 is 0 Å². The average molecular weight is 401 g/mol. The van der Waals surface area contributed by atoms with Crippen LogP contribution in [-0.2, 0) is 4.79 Å². The van der Waals surface area contributed by atoms with Crippen LogP contribution < -0.4 is 10.6 Å². The molecule has 1 aliphatic carbocycles. The number of anilines is 2. The van der Waals surface area contributed by atoms with Gasteiger partial charge in [-0.2, -0.15) is 0 Å². The van der Waals surface area contributed by atoms with Crippen LogP contribution in [0, 0.1) is 19.8 Å². The van der Waals surface area contributed by atoms with E-state index in [1.807, 2.05) is 12.1 Å². The first-order chi connectivity index (χ1) is 14.1. The van der Waals surface area contributed by atoms with Crippen molar-refractivity contribution < 1.29 is 4.79 Å². The first-order valence-corrected chi connectivity index (χ1v) is 10.9. The number of benzene rings is 2. The molecule has 1 aliphatic heterocycles. The Kier molecular flexibility index (Phi) is 4.51. The molecule has 5 rings (SSSR count). The Bertz CT molecular complexity index is 1100. The van der Waals surface area contributed by atoms with Crippen LogP contribution in [0.4, 0.5) is 11.4 Å². The van der Waals surface area contributed by atoms with E-state index in [2.05, 4.69) is 79.1 Å². The van der Waals surface area contributed by atoms with Gasteiger partial charge < -0.3 is 10.6 Å². The lowest BCUT2D eigenvalue weighted by Crippen LogP contribution is -2.33. The number of ketones is 1. The lowest BCUT2D eigenvalue weighted by Gasteiger charge is -2.32. The average Bonchev–Trinajstić information content (AvgIpc) is 3.06. The minimum atomic E-state index is -0.206. The van der Waals surface area contributed by atoms with Crippen molar-refractivity contribution in [1.82, 2.24) is 0 Å². The number of carbonyl (C=O) groups is 1. The second kappa shape index (κ2) is 7.20. The smallest absolute Gasteiger partial charge is 0.145 e. The number of hydrogen-bond donors (Lipinski definition) is 2. The summed E-state index contributed by atoms with van der Waals surface area (Å²) in [5.74, 6) is 0.192. The van der Waals surface area contributed by atoms with Crippen molar-refractivity contribution in [2.45, 2.75) is 32.2 Å². The molecule has 3 aromatic rings. The molecule has 0 saturated carbocycles. The van der Waals surface area contributed by atoms with Crippen molar-refractivity contribution in [2.24, 2.45) is 5.92 Å². The number of allylic oxidation sites excluding steroid dienone is 1. The highest BCUT2D eigenvalue weighted by Crippen LogP contribution is 2.45. The quantitative estimate of drug-likeness (QED) is 0.538. The maximum atomic E-state index is 13.5. The van der Waals surface area contributed by atoms with Crippen molar-refractivity contribution in [3.8, 4) is 0 Å². The molecule has 1 aromatic heterocycles. The van der Waals surface area contributed by atoms with Crippen molar-refractivity contribution in [1.29, 1.82) is 0 Å². The van der Waals surface area contributed by atoms with Crippen LogP contribution in [-0.4, -0.2) is 5.78 Å². The number of fused-ring (bicyclic) bond motifs is 2. The fraction of sp³-hybridized carbons (Fsp3) is 0.240. The molecule has 0 spiro atoms. The second-order valence-corrected chi connectivity index (χ2v) is 9.35. The highest BCUT2D eigenvalue weighted by molar-refractivity contribution is 7.12. The minimum absolute atomic E-state index is 0.0532. The lowest BCUT2D eigenvalue weighted by atomic mass is 9.77. The van der Waals surface area contributed by atoms with Gasteiger partial charge in [-0.15, -0.1) is 11.3 Å². The summed E-state index contributed by atoms with van der Waals surface area (Å²) in [6.45, 7) is 4.21. The van der Waals surface area contributed by atoms with Gasteiger partial charge in [0.1, 0.15) is 5.78 Å². The van der Waals surface area contributed by atoms with Crippen LogP contribution in [0.2, 0.25) is 0 Å². The van der Waals surface area contributed by atoms with E-state index in [-0.39, 0.29) is 23.7 Å². The van der Waals surface area contributed by atoms with Crippen LogP contribution in [0.3, 0.4) is 0 Å². The largest absolute Gasteiger partial charge is 0.375 e. The summed E-state index contributed by atoms with van der Waals surface area (Å²) >= 11 is 1.77. The molecule has 3 unspecified atom stereocenters. The lowest BCUT2D eigenvalue weighted by molar-refractivity contribution is -0.122. The first kappa shape index (κ1) is 18.2. The van der Waals surface area contributed by atoms with Gasteiger partial charge in [-0.25, -0.2) is 0 Å². The molecular weight excluding hydrogens is 376 g/mol. The summed E-state index contributed by atoms with van der Waals surface area (Å²) in [5.41, 5.74) is 5.52. The minimum Gasteiger partial charge on any atom is -0.375 e. The van der Waals surface area contributed by atoms with Gasteiger partial charge in [0.15, 0.2) is 0 Å². The van der Waals surface area contributed by atoms with Gasteiger partial charge in [0, 0.05) is 27.8 Å². The maximum absolute atomic E-state index is 13.5. The topological polar surface area (TPSA) is 41.1 Å². The third-order valence-electron chi connectivity index (χ3n) is 5.91. The molecule has 3 atom stereocenters. The molecule has 0 amide bonds. The third kappa shape index (κ3) is 3.38. The molecule has 29 heavy (non-hydrogen) atoms. The van der Waals surface area contributed by atoms with Gasteiger partial charge >= 0.3 is 0 Å². The van der Waals surface area contributed by atoms with E-state index in [4.69, 9.17) is 0 Å². The zero-order chi connectivity index (χ0) is 20.0. The molecule has 0 fully saturated rings. The predicted octanol–water partition coefficient (Wildman–Crippen LogP) is 6.20. The van der Waals surface area contributed by atoms with Gasteiger partial charge in [0.25, 0.3) is 0 Å². The number of thiophene rings is 1. The Labute approximate surface area is 175 Å². The second-order valence-electron chi connectivity index (χ2n) is 8.03. The van der Waals surface area contributed by atoms with E-state index in [9.17, 15) is 4.79 Å². The molecule has 2 aliphatic rings.